The zero-order valence-corrected chi connectivity index (χ0v) is 19.7. The van der Waals surface area contributed by atoms with Crippen LogP contribution in [0, 0.1) is 5.92 Å². The Labute approximate surface area is 180 Å². The van der Waals surface area contributed by atoms with Gasteiger partial charge in [-0.05, 0) is 44.6 Å². The van der Waals surface area contributed by atoms with Gasteiger partial charge in [-0.3, -0.25) is 9.89 Å². The first-order valence-electron chi connectivity index (χ1n) is 9.48. The van der Waals surface area contributed by atoms with Crippen LogP contribution in [0.1, 0.15) is 32.6 Å². The number of halogens is 1. The summed E-state index contributed by atoms with van der Waals surface area (Å²) in [6.07, 6.45) is 1.10. The maximum absolute atomic E-state index is 5.54. The molecule has 3 unspecified atom stereocenters. The molecular weight excluding hydrogens is 459 g/mol. The summed E-state index contributed by atoms with van der Waals surface area (Å²) in [5, 5.41) is 9.02. The lowest BCUT2D eigenvalue weighted by molar-refractivity contribution is -0.0174. The molecule has 26 heavy (non-hydrogen) atoms. The van der Waals surface area contributed by atoms with Gasteiger partial charge in [0.2, 0.25) is 0 Å². The van der Waals surface area contributed by atoms with E-state index < -0.39 is 0 Å². The molecule has 0 aromatic carbocycles. The fourth-order valence-electron chi connectivity index (χ4n) is 3.18. The van der Waals surface area contributed by atoms with Crippen LogP contribution in [-0.2, 0) is 11.2 Å². The van der Waals surface area contributed by atoms with Gasteiger partial charge in [0.25, 0.3) is 0 Å². The van der Waals surface area contributed by atoms with E-state index in [0.29, 0.717) is 18.0 Å². The molecule has 2 heterocycles. The average Bonchev–Trinajstić information content (AvgIpc) is 3.10. The Bertz CT molecular complexity index is 512. The van der Waals surface area contributed by atoms with Gasteiger partial charge in [-0.15, -0.1) is 35.3 Å². The highest BCUT2D eigenvalue weighted by Gasteiger charge is 2.23. The van der Waals surface area contributed by atoms with Crippen LogP contribution < -0.4 is 10.6 Å². The third kappa shape index (κ3) is 8.10. The number of rotatable bonds is 8. The molecule has 0 amide bonds. The summed E-state index contributed by atoms with van der Waals surface area (Å²) in [5.41, 5.74) is 0. The molecule has 3 atom stereocenters. The lowest BCUT2D eigenvalue weighted by atomic mass is 10.1. The number of aliphatic imine (C=N–C) groups is 1. The molecule has 5 nitrogen and oxygen atoms in total. The van der Waals surface area contributed by atoms with E-state index in [1.54, 1.807) is 0 Å². The lowest BCUT2D eigenvalue weighted by Gasteiger charge is -2.38. The Morgan fingerprint density at radius 3 is 2.88 bits per heavy atom. The monoisotopic (exact) mass is 494 g/mol. The average molecular weight is 494 g/mol. The molecule has 0 bridgehead atoms. The third-order valence-electron chi connectivity index (χ3n) is 4.59. The Balaban J connectivity index is 0.00000338. The van der Waals surface area contributed by atoms with Gasteiger partial charge in [0.1, 0.15) is 0 Å². The molecule has 2 rings (SSSR count). The minimum atomic E-state index is 0. The van der Waals surface area contributed by atoms with Crippen molar-refractivity contribution in [3.63, 3.8) is 0 Å². The number of thiophene rings is 1. The highest BCUT2D eigenvalue weighted by atomic mass is 127. The summed E-state index contributed by atoms with van der Waals surface area (Å²) < 4.78 is 5.54. The molecule has 150 valence electrons. The predicted molar refractivity (Wildman–Crippen MR) is 123 cm³/mol. The van der Waals surface area contributed by atoms with Crippen molar-refractivity contribution in [2.24, 2.45) is 10.9 Å². The molecule has 2 N–H and O–H groups in total. The molecule has 1 fully saturated rings. The molecule has 0 saturated carbocycles. The SMILES string of the molecule is CCNC(=NCC(C)Cc1cccs1)NCC(C)N1CCOCC1C.I. The zero-order chi connectivity index (χ0) is 18.1. The Kier molecular flexibility index (Phi) is 11.7. The molecular formula is C19H35IN4OS. The molecule has 1 saturated heterocycles. The number of ether oxygens (including phenoxy) is 1. The summed E-state index contributed by atoms with van der Waals surface area (Å²) in [6, 6.07) is 5.27. The van der Waals surface area contributed by atoms with E-state index in [1.165, 1.54) is 4.88 Å². The van der Waals surface area contributed by atoms with Crippen LogP contribution in [0.5, 0.6) is 0 Å². The number of morpholine rings is 1. The van der Waals surface area contributed by atoms with E-state index in [0.717, 1.165) is 51.8 Å². The van der Waals surface area contributed by atoms with Gasteiger partial charge in [0.15, 0.2) is 5.96 Å². The summed E-state index contributed by atoms with van der Waals surface area (Å²) in [4.78, 5) is 8.74. The van der Waals surface area contributed by atoms with E-state index >= 15 is 0 Å². The first-order valence-corrected chi connectivity index (χ1v) is 10.4. The number of nitrogens with one attached hydrogen (secondary N) is 2. The standard InChI is InChI=1S/C19H34N4OS.HI/c1-5-20-19(21-12-15(2)11-18-7-6-10-25-18)22-13-16(3)23-8-9-24-14-17(23)4;/h6-7,10,15-17H,5,8-9,11-14H2,1-4H3,(H2,20,21,22);1H. The molecule has 1 aromatic rings. The van der Waals surface area contributed by atoms with Gasteiger partial charge in [-0.1, -0.05) is 13.0 Å². The molecule has 0 spiro atoms. The van der Waals surface area contributed by atoms with Crippen molar-refractivity contribution >= 4 is 41.3 Å². The fourth-order valence-corrected chi connectivity index (χ4v) is 4.05. The van der Waals surface area contributed by atoms with Gasteiger partial charge in [-0.2, -0.15) is 0 Å². The van der Waals surface area contributed by atoms with Crippen LogP contribution >= 0.6 is 35.3 Å². The number of guanidine groups is 1. The molecule has 1 aliphatic heterocycles. The molecule has 1 aliphatic rings. The minimum absolute atomic E-state index is 0. The van der Waals surface area contributed by atoms with Crippen molar-refractivity contribution in [3.05, 3.63) is 22.4 Å². The summed E-state index contributed by atoms with van der Waals surface area (Å²) in [6.45, 7) is 14.2. The third-order valence-corrected chi connectivity index (χ3v) is 5.48. The second kappa shape index (κ2) is 12.9. The second-order valence-electron chi connectivity index (χ2n) is 7.00. The van der Waals surface area contributed by atoms with Crippen LogP contribution in [0.2, 0.25) is 0 Å². The first kappa shape index (κ1) is 23.7. The van der Waals surface area contributed by atoms with Crippen molar-refractivity contribution in [1.82, 2.24) is 15.5 Å². The number of hydrogen-bond acceptors (Lipinski definition) is 4. The van der Waals surface area contributed by atoms with Crippen LogP contribution in [0.4, 0.5) is 0 Å². The van der Waals surface area contributed by atoms with Gasteiger partial charge in [0.05, 0.1) is 13.2 Å². The van der Waals surface area contributed by atoms with Gasteiger partial charge < -0.3 is 15.4 Å². The van der Waals surface area contributed by atoms with Crippen molar-refractivity contribution in [2.75, 3.05) is 39.4 Å². The molecule has 7 heteroatoms. The summed E-state index contributed by atoms with van der Waals surface area (Å²) in [7, 11) is 0. The minimum Gasteiger partial charge on any atom is -0.379 e. The Morgan fingerprint density at radius 2 is 2.23 bits per heavy atom. The second-order valence-corrected chi connectivity index (χ2v) is 8.03. The quantitative estimate of drug-likeness (QED) is 0.331. The van der Waals surface area contributed by atoms with Crippen LogP contribution in [0.3, 0.4) is 0 Å². The van der Waals surface area contributed by atoms with Gasteiger partial charge >= 0.3 is 0 Å². The van der Waals surface area contributed by atoms with Crippen molar-refractivity contribution in [3.8, 4) is 0 Å². The van der Waals surface area contributed by atoms with E-state index in [9.17, 15) is 0 Å². The van der Waals surface area contributed by atoms with Gasteiger partial charge in [0, 0.05) is 43.1 Å². The number of nitrogens with zero attached hydrogens (tertiary/aromatic N) is 2. The highest BCUT2D eigenvalue weighted by Crippen LogP contribution is 2.14. The Morgan fingerprint density at radius 1 is 1.42 bits per heavy atom. The van der Waals surface area contributed by atoms with Gasteiger partial charge in [-0.25, -0.2) is 0 Å². The first-order chi connectivity index (χ1) is 12.1. The summed E-state index contributed by atoms with van der Waals surface area (Å²) >= 11 is 1.83. The molecule has 0 aliphatic carbocycles. The van der Waals surface area contributed by atoms with E-state index in [4.69, 9.17) is 9.73 Å². The van der Waals surface area contributed by atoms with Crippen molar-refractivity contribution in [1.29, 1.82) is 0 Å². The smallest absolute Gasteiger partial charge is 0.191 e. The lowest BCUT2D eigenvalue weighted by Crippen LogP contribution is -2.53. The maximum Gasteiger partial charge on any atom is 0.191 e. The van der Waals surface area contributed by atoms with Crippen LogP contribution in [0.15, 0.2) is 22.5 Å². The van der Waals surface area contributed by atoms with Crippen LogP contribution in [0.25, 0.3) is 0 Å². The number of hydrogen-bond donors (Lipinski definition) is 2. The maximum atomic E-state index is 5.54. The van der Waals surface area contributed by atoms with E-state index in [-0.39, 0.29) is 24.0 Å². The van der Waals surface area contributed by atoms with Crippen molar-refractivity contribution in [2.45, 2.75) is 46.2 Å². The molecule has 0 radical (unpaired) electrons. The molecule has 1 aromatic heterocycles. The Hall–Kier alpha value is -0.380. The summed E-state index contributed by atoms with van der Waals surface area (Å²) in [5.74, 6) is 1.47. The fraction of sp³-hybridized carbons (Fsp3) is 0.737. The largest absolute Gasteiger partial charge is 0.379 e. The van der Waals surface area contributed by atoms with Crippen LogP contribution in [-0.4, -0.2) is 62.3 Å². The predicted octanol–water partition coefficient (Wildman–Crippen LogP) is 3.21. The van der Waals surface area contributed by atoms with Crippen molar-refractivity contribution < 1.29 is 4.74 Å². The zero-order valence-electron chi connectivity index (χ0n) is 16.5. The normalized spacial score (nSPS) is 20.9. The highest BCUT2D eigenvalue weighted by molar-refractivity contribution is 14.0. The van der Waals surface area contributed by atoms with E-state index in [2.05, 4.69) is 60.7 Å². The van der Waals surface area contributed by atoms with E-state index in [1.807, 2.05) is 11.3 Å². The topological polar surface area (TPSA) is 48.9 Å².